The van der Waals surface area contributed by atoms with Gasteiger partial charge in [0.1, 0.15) is 17.2 Å². The van der Waals surface area contributed by atoms with Crippen molar-refractivity contribution in [3.05, 3.63) is 117 Å². The fourth-order valence-corrected chi connectivity index (χ4v) is 6.11. The number of hydrogen-bond acceptors (Lipinski definition) is 7. The van der Waals surface area contributed by atoms with Crippen LogP contribution in [0.4, 0.5) is 13.9 Å². The van der Waals surface area contributed by atoms with Gasteiger partial charge in [-0.1, -0.05) is 65.1 Å². The highest BCUT2D eigenvalue weighted by Crippen LogP contribution is 2.43. The van der Waals surface area contributed by atoms with Crippen LogP contribution in [0.5, 0.6) is 0 Å². The quantitative estimate of drug-likeness (QED) is 0.196. The van der Waals surface area contributed by atoms with Gasteiger partial charge in [0.05, 0.1) is 17.0 Å². The maximum atomic E-state index is 14.0. The number of nitrogens with zero attached hydrogens (tertiary/aromatic N) is 3. The van der Waals surface area contributed by atoms with Gasteiger partial charge in [0.25, 0.3) is 5.91 Å². The van der Waals surface area contributed by atoms with Crippen molar-refractivity contribution in [2.75, 3.05) is 4.90 Å². The number of aryl methyl sites for hydroxylation is 1. The average Bonchev–Trinajstić information content (AvgIpc) is 3.47. The fraction of sp³-hybridized carbons (Fsp3) is 0.111. The molecule has 0 aliphatic carbocycles. The summed E-state index contributed by atoms with van der Waals surface area (Å²) in [5.41, 5.74) is 2.41. The monoisotopic (exact) mass is 533 g/mol. The van der Waals surface area contributed by atoms with Gasteiger partial charge >= 0.3 is 0 Å². The van der Waals surface area contributed by atoms with Crippen molar-refractivity contribution in [3.63, 3.8) is 0 Å². The van der Waals surface area contributed by atoms with Gasteiger partial charge in [-0.2, -0.15) is 0 Å². The Morgan fingerprint density at radius 3 is 2.46 bits per heavy atom. The Labute approximate surface area is 217 Å². The molecular weight excluding hydrogens is 516 g/mol. The minimum absolute atomic E-state index is 0.0205. The molecule has 1 aliphatic rings. The summed E-state index contributed by atoms with van der Waals surface area (Å²) < 4.78 is 34.1. The Morgan fingerprint density at radius 2 is 1.70 bits per heavy atom. The molecule has 3 aromatic carbocycles. The third-order valence-corrected chi connectivity index (χ3v) is 8.23. The van der Waals surface area contributed by atoms with Crippen molar-refractivity contribution in [3.8, 4) is 0 Å². The van der Waals surface area contributed by atoms with Crippen molar-refractivity contribution in [2.45, 2.75) is 23.1 Å². The van der Waals surface area contributed by atoms with Gasteiger partial charge in [-0.15, -0.1) is 10.2 Å². The lowest BCUT2D eigenvalue weighted by atomic mass is 9.98. The van der Waals surface area contributed by atoms with Crippen LogP contribution < -0.4 is 10.3 Å². The number of amides is 1. The molecule has 0 spiro atoms. The zero-order valence-corrected chi connectivity index (χ0v) is 20.9. The average molecular weight is 534 g/mol. The summed E-state index contributed by atoms with van der Waals surface area (Å²) in [7, 11) is 0. The predicted molar refractivity (Wildman–Crippen MR) is 138 cm³/mol. The molecule has 0 fully saturated rings. The Kier molecular flexibility index (Phi) is 5.85. The number of thioether (sulfide) groups is 1. The van der Waals surface area contributed by atoms with Gasteiger partial charge in [0, 0.05) is 5.75 Å². The van der Waals surface area contributed by atoms with E-state index in [0.717, 1.165) is 17.7 Å². The maximum absolute atomic E-state index is 14.0. The second-order valence-corrected chi connectivity index (χ2v) is 10.7. The number of carbonyl (C=O) groups excluding carboxylic acids is 1. The SMILES string of the molecule is Cc1ccc(CSc2nnc(N3C(=O)c4oc5ccc(F)cc5c(=O)c4[C@@H]3c3ccc(F)cc3)s2)cc1. The molecule has 1 amide bonds. The lowest BCUT2D eigenvalue weighted by Gasteiger charge is -2.22. The fourth-order valence-electron chi connectivity index (χ4n) is 4.29. The van der Waals surface area contributed by atoms with Crippen molar-refractivity contribution in [1.29, 1.82) is 0 Å². The first-order chi connectivity index (χ1) is 17.9. The third kappa shape index (κ3) is 4.21. The number of rotatable bonds is 5. The molecule has 3 heterocycles. The number of carbonyl (C=O) groups is 1. The van der Waals surface area contributed by atoms with E-state index in [0.29, 0.717) is 15.7 Å². The molecule has 0 unspecified atom stereocenters. The first-order valence-electron chi connectivity index (χ1n) is 11.3. The molecule has 184 valence electrons. The second-order valence-electron chi connectivity index (χ2n) is 8.57. The Hall–Kier alpha value is -3.89. The van der Waals surface area contributed by atoms with Gasteiger partial charge in [0.2, 0.25) is 10.9 Å². The Balaban J connectivity index is 1.42. The highest BCUT2D eigenvalue weighted by molar-refractivity contribution is 8.00. The number of fused-ring (bicyclic) bond motifs is 2. The molecule has 0 saturated heterocycles. The summed E-state index contributed by atoms with van der Waals surface area (Å²) in [5.74, 6) is -1.11. The van der Waals surface area contributed by atoms with Crippen LogP contribution >= 0.6 is 23.1 Å². The molecule has 0 saturated carbocycles. The number of anilines is 1. The van der Waals surface area contributed by atoms with E-state index in [1.807, 2.05) is 31.2 Å². The van der Waals surface area contributed by atoms with E-state index in [-0.39, 0.29) is 27.4 Å². The summed E-state index contributed by atoms with van der Waals surface area (Å²) in [6.07, 6.45) is 0. The van der Waals surface area contributed by atoms with Crippen molar-refractivity contribution < 1.29 is 18.0 Å². The van der Waals surface area contributed by atoms with Crippen LogP contribution in [0.15, 0.2) is 80.3 Å². The standard InChI is InChI=1S/C27H17F2N3O3S2/c1-14-2-4-15(5-3-14)13-36-27-31-30-26(37-27)32-22(16-6-8-17(28)9-7-16)21-23(33)19-12-18(29)10-11-20(19)35-24(21)25(32)34/h2-12,22H,13H2,1H3/t22-/m0/s1. The van der Waals surface area contributed by atoms with Crippen LogP contribution in [0.25, 0.3) is 11.0 Å². The molecule has 10 heteroatoms. The number of benzene rings is 3. The summed E-state index contributed by atoms with van der Waals surface area (Å²) in [4.78, 5) is 28.5. The Morgan fingerprint density at radius 1 is 0.973 bits per heavy atom. The van der Waals surface area contributed by atoms with Crippen LogP contribution in [0.1, 0.15) is 38.9 Å². The molecule has 6 rings (SSSR count). The third-order valence-electron chi connectivity index (χ3n) is 6.10. The smallest absolute Gasteiger partial charge is 0.297 e. The largest absolute Gasteiger partial charge is 0.450 e. The number of halogens is 2. The highest BCUT2D eigenvalue weighted by Gasteiger charge is 2.45. The van der Waals surface area contributed by atoms with Crippen LogP contribution in [0, 0.1) is 18.6 Å². The summed E-state index contributed by atoms with van der Waals surface area (Å²) in [6.45, 7) is 2.02. The van der Waals surface area contributed by atoms with Gasteiger partial charge in [-0.25, -0.2) is 8.78 Å². The van der Waals surface area contributed by atoms with E-state index in [1.54, 1.807) is 0 Å². The first kappa shape index (κ1) is 23.5. The van der Waals surface area contributed by atoms with Crippen LogP contribution in [-0.2, 0) is 5.75 Å². The summed E-state index contributed by atoms with van der Waals surface area (Å²) >= 11 is 2.69. The van der Waals surface area contributed by atoms with Crippen molar-refractivity contribution in [1.82, 2.24) is 10.2 Å². The number of aromatic nitrogens is 2. The molecule has 5 aromatic rings. The predicted octanol–water partition coefficient (Wildman–Crippen LogP) is 6.27. The minimum atomic E-state index is -0.935. The van der Waals surface area contributed by atoms with E-state index in [1.165, 1.54) is 63.9 Å². The Bertz CT molecular complexity index is 1720. The molecule has 2 aromatic heterocycles. The molecule has 1 atom stereocenters. The van der Waals surface area contributed by atoms with Crippen LogP contribution in [0.2, 0.25) is 0 Å². The summed E-state index contributed by atoms with van der Waals surface area (Å²) in [6, 6.07) is 16.3. The van der Waals surface area contributed by atoms with Crippen LogP contribution in [0.3, 0.4) is 0 Å². The number of hydrogen-bond donors (Lipinski definition) is 0. The molecular formula is C27H17F2N3O3S2. The van der Waals surface area contributed by atoms with Gasteiger partial charge in [-0.05, 0) is 48.4 Å². The van der Waals surface area contributed by atoms with Gasteiger partial charge in [-0.3, -0.25) is 14.5 Å². The van der Waals surface area contributed by atoms with E-state index >= 15 is 0 Å². The maximum Gasteiger partial charge on any atom is 0.297 e. The second kappa shape index (κ2) is 9.20. The molecule has 0 N–H and O–H groups in total. The normalized spacial score (nSPS) is 14.9. The van der Waals surface area contributed by atoms with E-state index < -0.39 is 29.0 Å². The van der Waals surface area contributed by atoms with Crippen molar-refractivity contribution >= 4 is 45.1 Å². The molecule has 1 aliphatic heterocycles. The molecule has 0 radical (unpaired) electrons. The first-order valence-corrected chi connectivity index (χ1v) is 13.1. The van der Waals surface area contributed by atoms with E-state index in [2.05, 4.69) is 10.2 Å². The van der Waals surface area contributed by atoms with Gasteiger partial charge < -0.3 is 4.42 Å². The van der Waals surface area contributed by atoms with Crippen LogP contribution in [-0.4, -0.2) is 16.1 Å². The molecule has 6 nitrogen and oxygen atoms in total. The molecule has 37 heavy (non-hydrogen) atoms. The lowest BCUT2D eigenvalue weighted by Crippen LogP contribution is -2.29. The summed E-state index contributed by atoms with van der Waals surface area (Å²) in [5, 5.41) is 8.77. The minimum Gasteiger partial charge on any atom is -0.450 e. The molecule has 0 bridgehead atoms. The highest BCUT2D eigenvalue weighted by atomic mass is 32.2. The zero-order chi connectivity index (χ0) is 25.7. The van der Waals surface area contributed by atoms with E-state index in [9.17, 15) is 18.4 Å². The zero-order valence-electron chi connectivity index (χ0n) is 19.3. The lowest BCUT2D eigenvalue weighted by molar-refractivity contribution is 0.0970. The topological polar surface area (TPSA) is 76.3 Å². The van der Waals surface area contributed by atoms with Crippen molar-refractivity contribution in [2.24, 2.45) is 0 Å². The van der Waals surface area contributed by atoms with Gasteiger partial charge in [0.15, 0.2) is 9.77 Å². The van der Waals surface area contributed by atoms with E-state index in [4.69, 9.17) is 4.42 Å².